The van der Waals surface area contributed by atoms with E-state index in [-0.39, 0.29) is 23.9 Å². The monoisotopic (exact) mass is 590 g/mol. The molecule has 0 aliphatic rings. The van der Waals surface area contributed by atoms with Gasteiger partial charge in [0, 0.05) is 16.5 Å². The Bertz CT molecular complexity index is 1550. The maximum Gasteiger partial charge on any atom is 0.416 e. The van der Waals surface area contributed by atoms with Gasteiger partial charge in [-0.05, 0) is 47.5 Å². The number of nitrogens with one attached hydrogen (secondary N) is 1. The van der Waals surface area contributed by atoms with E-state index in [1.807, 2.05) is 0 Å². The number of amides is 1. The molecule has 1 heterocycles. The predicted octanol–water partition coefficient (Wildman–Crippen LogP) is 5.66. The van der Waals surface area contributed by atoms with Crippen molar-refractivity contribution in [1.82, 2.24) is 10.3 Å². The fourth-order valence-electron chi connectivity index (χ4n) is 3.73. The number of hydrogen-bond donors (Lipinski definition) is 2. The van der Waals surface area contributed by atoms with E-state index < -0.39 is 33.5 Å². The van der Waals surface area contributed by atoms with Crippen molar-refractivity contribution in [3.05, 3.63) is 100 Å². The lowest BCUT2D eigenvalue weighted by Crippen LogP contribution is -2.30. The summed E-state index contributed by atoms with van der Waals surface area (Å²) in [4.78, 5) is 17.4. The van der Waals surface area contributed by atoms with Gasteiger partial charge in [-0.3, -0.25) is 4.79 Å². The lowest BCUT2D eigenvalue weighted by atomic mass is 10.1. The number of aromatic nitrogens is 1. The number of alkyl halides is 3. The maximum atomic E-state index is 12.8. The molecule has 0 saturated heterocycles. The molecule has 0 aliphatic heterocycles. The summed E-state index contributed by atoms with van der Waals surface area (Å²) in [6.07, 6.45) is -4.39. The van der Waals surface area contributed by atoms with E-state index in [4.69, 9.17) is 4.74 Å². The average Bonchev–Trinajstić information content (AvgIpc) is 3.44. The first kappa shape index (κ1) is 29.2. The second-order valence-electron chi connectivity index (χ2n) is 8.74. The Labute approximate surface area is 233 Å². The van der Waals surface area contributed by atoms with Crippen molar-refractivity contribution in [2.45, 2.75) is 30.6 Å². The third-order valence-corrected chi connectivity index (χ3v) is 8.58. The van der Waals surface area contributed by atoms with Crippen LogP contribution < -0.4 is 10.1 Å². The van der Waals surface area contributed by atoms with Gasteiger partial charge in [0.1, 0.15) is 6.61 Å². The van der Waals surface area contributed by atoms with E-state index >= 15 is 0 Å². The predicted molar refractivity (Wildman–Crippen MR) is 145 cm³/mol. The lowest BCUT2D eigenvalue weighted by molar-refractivity contribution is -0.137. The van der Waals surface area contributed by atoms with Gasteiger partial charge in [0.05, 0.1) is 34.6 Å². The summed E-state index contributed by atoms with van der Waals surface area (Å²) in [7, 11) is -3.36. The minimum absolute atomic E-state index is 0.0273. The van der Waals surface area contributed by atoms with E-state index in [1.54, 1.807) is 48.7 Å². The number of carbonyl (C=O) groups excluding carboxylic acids is 1. The summed E-state index contributed by atoms with van der Waals surface area (Å²) in [5, 5.41) is 14.7. The summed E-state index contributed by atoms with van der Waals surface area (Å²) in [6.45, 7) is 1.24. The van der Waals surface area contributed by atoms with Crippen LogP contribution in [0.2, 0.25) is 0 Å². The van der Waals surface area contributed by atoms with Crippen molar-refractivity contribution >= 4 is 27.1 Å². The van der Waals surface area contributed by atoms with Crippen molar-refractivity contribution in [2.75, 3.05) is 12.4 Å². The lowest BCUT2D eigenvalue weighted by Gasteiger charge is -2.17. The van der Waals surface area contributed by atoms with Gasteiger partial charge in [0.25, 0.3) is 11.1 Å². The summed E-state index contributed by atoms with van der Waals surface area (Å²) >= 11 is 1.24. The molecule has 0 bridgehead atoms. The molecule has 0 spiro atoms. The number of aliphatic hydroxyl groups excluding tert-OH is 1. The molecule has 40 heavy (non-hydrogen) atoms. The topological polar surface area (TPSA) is 106 Å². The Hall–Kier alpha value is -3.74. The van der Waals surface area contributed by atoms with Crippen LogP contribution in [0.5, 0.6) is 5.19 Å². The molecule has 4 rings (SSSR count). The smallest absolute Gasteiger partial charge is 0.416 e. The normalized spacial score (nSPS) is 12.6. The fraction of sp³-hybridized carbons (Fsp3) is 0.214. The molecule has 4 aromatic rings. The Morgan fingerprint density at radius 1 is 1.02 bits per heavy atom. The third kappa shape index (κ3) is 7.06. The molecule has 1 atom stereocenters. The van der Waals surface area contributed by atoms with Gasteiger partial charge >= 0.3 is 6.18 Å². The standard InChI is InChI=1S/C28H25F3N2O5S2/c1-2-40(36,37)23-13-9-19(10-14-23)24(15-34)32-26(35)21-7-5-20(6-8-21)25-17-39-27(33-25)38-16-18-3-11-22(12-4-18)28(29,30)31/h3-14,17,24,34H,2,15-16H2,1H3,(H,32,35)/t24-/m0/s1. The molecule has 1 aromatic heterocycles. The molecular formula is C28H25F3N2O5S2. The van der Waals surface area contributed by atoms with E-state index in [9.17, 15) is 31.5 Å². The highest BCUT2D eigenvalue weighted by atomic mass is 32.2. The number of rotatable bonds is 10. The molecule has 3 aromatic carbocycles. The zero-order chi connectivity index (χ0) is 28.9. The highest BCUT2D eigenvalue weighted by Crippen LogP contribution is 2.30. The highest BCUT2D eigenvalue weighted by Gasteiger charge is 2.30. The molecule has 0 saturated carbocycles. The second-order valence-corrected chi connectivity index (χ2v) is 11.8. The minimum atomic E-state index is -4.39. The van der Waals surface area contributed by atoms with E-state index in [2.05, 4.69) is 10.3 Å². The number of aliphatic hydroxyl groups is 1. The van der Waals surface area contributed by atoms with Crippen LogP contribution in [-0.2, 0) is 22.6 Å². The molecule has 0 unspecified atom stereocenters. The zero-order valence-electron chi connectivity index (χ0n) is 21.2. The number of ether oxygens (including phenoxy) is 1. The molecule has 1 amide bonds. The first-order valence-corrected chi connectivity index (χ1v) is 14.6. The van der Waals surface area contributed by atoms with E-state index in [0.717, 1.165) is 17.7 Å². The number of sulfone groups is 1. The van der Waals surface area contributed by atoms with Crippen LogP contribution in [0.15, 0.2) is 83.1 Å². The van der Waals surface area contributed by atoms with Crippen LogP contribution >= 0.6 is 11.3 Å². The van der Waals surface area contributed by atoms with Crippen LogP contribution in [0.25, 0.3) is 11.3 Å². The SMILES string of the molecule is CCS(=O)(=O)c1ccc([C@H](CO)NC(=O)c2ccc(-c3csc(OCc4ccc(C(F)(F)F)cc4)n3)cc2)cc1. The van der Waals surface area contributed by atoms with Crippen molar-refractivity contribution in [3.63, 3.8) is 0 Å². The van der Waals surface area contributed by atoms with Gasteiger partial charge in [0.2, 0.25) is 0 Å². The van der Waals surface area contributed by atoms with Crippen molar-refractivity contribution < 1.29 is 36.2 Å². The Balaban J connectivity index is 1.36. The Kier molecular flexibility index (Phi) is 8.92. The molecule has 0 fully saturated rings. The summed E-state index contributed by atoms with van der Waals surface area (Å²) in [6, 6.07) is 16.7. The van der Waals surface area contributed by atoms with Gasteiger partial charge in [-0.25, -0.2) is 13.4 Å². The highest BCUT2D eigenvalue weighted by molar-refractivity contribution is 7.91. The second kappa shape index (κ2) is 12.2. The quantitative estimate of drug-likeness (QED) is 0.247. The Morgan fingerprint density at radius 3 is 2.25 bits per heavy atom. The number of carbonyl (C=O) groups is 1. The Morgan fingerprint density at radius 2 is 1.68 bits per heavy atom. The van der Waals surface area contributed by atoms with Gasteiger partial charge in [-0.1, -0.05) is 54.7 Å². The van der Waals surface area contributed by atoms with Crippen LogP contribution in [-0.4, -0.2) is 36.8 Å². The van der Waals surface area contributed by atoms with E-state index in [0.29, 0.717) is 27.6 Å². The maximum absolute atomic E-state index is 12.8. The van der Waals surface area contributed by atoms with Crippen LogP contribution in [0.1, 0.15) is 40.0 Å². The van der Waals surface area contributed by atoms with E-state index in [1.165, 1.54) is 35.6 Å². The van der Waals surface area contributed by atoms with Gasteiger partial charge in [0.15, 0.2) is 9.84 Å². The molecule has 2 N–H and O–H groups in total. The third-order valence-electron chi connectivity index (χ3n) is 6.08. The summed E-state index contributed by atoms with van der Waals surface area (Å²) in [5.74, 6) is -0.449. The molecule has 7 nitrogen and oxygen atoms in total. The molecule has 0 aliphatic carbocycles. The number of nitrogens with zero attached hydrogens (tertiary/aromatic N) is 1. The molecule has 210 valence electrons. The average molecular weight is 591 g/mol. The zero-order valence-corrected chi connectivity index (χ0v) is 22.8. The van der Waals surface area contributed by atoms with Crippen molar-refractivity contribution in [3.8, 4) is 16.5 Å². The minimum Gasteiger partial charge on any atom is -0.465 e. The van der Waals surface area contributed by atoms with Gasteiger partial charge in [-0.15, -0.1) is 0 Å². The van der Waals surface area contributed by atoms with Crippen molar-refractivity contribution in [2.24, 2.45) is 0 Å². The summed E-state index contributed by atoms with van der Waals surface area (Å²) < 4.78 is 67.8. The van der Waals surface area contributed by atoms with Gasteiger partial charge < -0.3 is 15.2 Å². The summed E-state index contributed by atoms with van der Waals surface area (Å²) in [5.41, 5.74) is 2.09. The fourth-order valence-corrected chi connectivity index (χ4v) is 5.30. The number of thiazole rings is 1. The van der Waals surface area contributed by atoms with Crippen LogP contribution in [0.3, 0.4) is 0 Å². The molecule has 0 radical (unpaired) electrons. The molecular weight excluding hydrogens is 565 g/mol. The number of halogens is 3. The number of benzene rings is 3. The van der Waals surface area contributed by atoms with Crippen LogP contribution in [0.4, 0.5) is 13.2 Å². The van der Waals surface area contributed by atoms with Gasteiger partial charge in [-0.2, -0.15) is 13.2 Å². The first-order valence-electron chi connectivity index (χ1n) is 12.1. The largest absolute Gasteiger partial charge is 0.465 e. The first-order chi connectivity index (χ1) is 19.0. The number of hydrogen-bond acceptors (Lipinski definition) is 7. The molecule has 12 heteroatoms. The van der Waals surface area contributed by atoms with Crippen LogP contribution in [0, 0.1) is 0 Å². The van der Waals surface area contributed by atoms with Crippen molar-refractivity contribution in [1.29, 1.82) is 0 Å².